The first kappa shape index (κ1) is 14.9. The van der Waals surface area contributed by atoms with Gasteiger partial charge in [-0.15, -0.1) is 0 Å². The smallest absolute Gasteiger partial charge is 0.0907 e. The van der Waals surface area contributed by atoms with E-state index in [1.807, 2.05) is 0 Å². The van der Waals surface area contributed by atoms with Crippen LogP contribution in [-0.2, 0) is 6.54 Å². The van der Waals surface area contributed by atoms with Crippen molar-refractivity contribution in [2.45, 2.75) is 32.4 Å². The molecule has 0 atom stereocenters. The molecule has 0 saturated carbocycles. The summed E-state index contributed by atoms with van der Waals surface area (Å²) in [6, 6.07) is 19.3. The molecule has 0 saturated heterocycles. The van der Waals surface area contributed by atoms with Crippen LogP contribution in [0.4, 0.5) is 11.4 Å². The van der Waals surface area contributed by atoms with Crippen molar-refractivity contribution in [3.63, 3.8) is 0 Å². The average Bonchev–Trinajstić information content (AvgIpc) is 2.84. The van der Waals surface area contributed by atoms with E-state index in [1.54, 1.807) is 0 Å². The molecule has 0 bridgehead atoms. The fourth-order valence-electron chi connectivity index (χ4n) is 2.91. The van der Waals surface area contributed by atoms with E-state index in [0.717, 1.165) is 26.2 Å². The fraction of sp³-hybridized carbons (Fsp3) is 0.368. The molecule has 1 aliphatic heterocycles. The van der Waals surface area contributed by atoms with E-state index in [9.17, 15) is 0 Å². The number of hydrogen-bond acceptors (Lipinski definition) is 3. The predicted octanol–water partition coefficient (Wildman–Crippen LogP) is 3.60. The third-order valence-electron chi connectivity index (χ3n) is 4.15. The van der Waals surface area contributed by atoms with Crippen molar-refractivity contribution in [2.24, 2.45) is 5.73 Å². The normalized spacial score (nSPS) is 14.3. The van der Waals surface area contributed by atoms with Crippen LogP contribution in [0.15, 0.2) is 54.6 Å². The minimum atomic E-state index is -0.123. The molecule has 1 heterocycles. The number of anilines is 2. The lowest BCUT2D eigenvalue weighted by Crippen LogP contribution is -2.38. The Balaban J connectivity index is 1.77. The molecule has 1 aliphatic rings. The van der Waals surface area contributed by atoms with Gasteiger partial charge >= 0.3 is 0 Å². The Hall–Kier alpha value is -2.00. The number of hydrogen-bond donors (Lipinski definition) is 1. The number of benzene rings is 2. The van der Waals surface area contributed by atoms with E-state index < -0.39 is 0 Å². The number of fused-ring (bicyclic) bond motifs is 1. The molecule has 116 valence electrons. The molecule has 0 amide bonds. The zero-order chi connectivity index (χ0) is 15.6. The van der Waals surface area contributed by atoms with E-state index in [4.69, 9.17) is 5.73 Å². The lowest BCUT2D eigenvalue weighted by molar-refractivity contribution is 0.475. The molecular weight excluding hydrogens is 270 g/mol. The van der Waals surface area contributed by atoms with Crippen molar-refractivity contribution in [3.8, 4) is 0 Å². The number of nitrogens with zero attached hydrogens (tertiary/aromatic N) is 2. The zero-order valence-electron chi connectivity index (χ0n) is 13.5. The topological polar surface area (TPSA) is 32.5 Å². The molecule has 2 aromatic carbocycles. The number of rotatable bonds is 5. The summed E-state index contributed by atoms with van der Waals surface area (Å²) < 4.78 is 0. The zero-order valence-corrected chi connectivity index (χ0v) is 13.5. The fourth-order valence-corrected chi connectivity index (χ4v) is 2.91. The Labute approximate surface area is 133 Å². The van der Waals surface area contributed by atoms with E-state index >= 15 is 0 Å². The average molecular weight is 295 g/mol. The summed E-state index contributed by atoms with van der Waals surface area (Å²) in [4.78, 5) is 4.88. The van der Waals surface area contributed by atoms with Gasteiger partial charge in [0, 0.05) is 18.6 Å². The minimum absolute atomic E-state index is 0.123. The van der Waals surface area contributed by atoms with Gasteiger partial charge in [0.25, 0.3) is 0 Å². The van der Waals surface area contributed by atoms with Crippen LogP contribution in [0.5, 0.6) is 0 Å². The second kappa shape index (κ2) is 6.01. The predicted molar refractivity (Wildman–Crippen MR) is 94.2 cm³/mol. The molecule has 3 rings (SSSR count). The van der Waals surface area contributed by atoms with Crippen LogP contribution in [0.1, 0.15) is 25.8 Å². The first-order valence-corrected chi connectivity index (χ1v) is 7.95. The summed E-state index contributed by atoms with van der Waals surface area (Å²) in [6.45, 7) is 7.06. The van der Waals surface area contributed by atoms with E-state index in [0.29, 0.717) is 0 Å². The van der Waals surface area contributed by atoms with Gasteiger partial charge in [-0.3, -0.25) is 0 Å². The van der Waals surface area contributed by atoms with Crippen molar-refractivity contribution in [1.82, 2.24) is 0 Å². The van der Waals surface area contributed by atoms with Crippen molar-refractivity contribution in [2.75, 3.05) is 23.0 Å². The molecular formula is C19H25N3. The third-order valence-corrected chi connectivity index (χ3v) is 4.15. The van der Waals surface area contributed by atoms with Crippen LogP contribution in [-0.4, -0.2) is 18.8 Å². The maximum Gasteiger partial charge on any atom is 0.0907 e. The maximum absolute atomic E-state index is 6.15. The van der Waals surface area contributed by atoms with Gasteiger partial charge in [-0.2, -0.15) is 0 Å². The van der Waals surface area contributed by atoms with Crippen LogP contribution in [0.3, 0.4) is 0 Å². The monoisotopic (exact) mass is 295 g/mol. The Morgan fingerprint density at radius 3 is 2.14 bits per heavy atom. The summed E-state index contributed by atoms with van der Waals surface area (Å²) in [5.74, 6) is 0. The van der Waals surface area contributed by atoms with Gasteiger partial charge < -0.3 is 15.5 Å². The Kier molecular flexibility index (Phi) is 4.08. The van der Waals surface area contributed by atoms with Crippen LogP contribution in [0.25, 0.3) is 0 Å². The molecule has 3 nitrogen and oxygen atoms in total. The number of para-hydroxylation sites is 2. The molecule has 2 aromatic rings. The molecule has 22 heavy (non-hydrogen) atoms. The Morgan fingerprint density at radius 2 is 1.50 bits per heavy atom. The van der Waals surface area contributed by atoms with Crippen LogP contribution < -0.4 is 15.5 Å². The lowest BCUT2D eigenvalue weighted by atomic mass is 10.0. The Bertz CT molecular complexity index is 616. The van der Waals surface area contributed by atoms with Gasteiger partial charge in [-0.25, -0.2) is 0 Å². The van der Waals surface area contributed by atoms with Crippen molar-refractivity contribution >= 4 is 11.4 Å². The standard InChI is InChI=1S/C19H25N3/c1-19(2,20)12-13-21-15-22(14-16-8-4-3-5-9-16)18-11-7-6-10-17(18)21/h3-11H,12-15,20H2,1-2H3. The molecule has 0 spiro atoms. The molecule has 0 unspecified atom stereocenters. The quantitative estimate of drug-likeness (QED) is 0.915. The highest BCUT2D eigenvalue weighted by atomic mass is 15.4. The minimum Gasteiger partial charge on any atom is -0.352 e. The third kappa shape index (κ3) is 3.42. The van der Waals surface area contributed by atoms with E-state index in [-0.39, 0.29) is 5.54 Å². The van der Waals surface area contributed by atoms with Gasteiger partial charge in [-0.05, 0) is 38.0 Å². The van der Waals surface area contributed by atoms with Crippen molar-refractivity contribution in [1.29, 1.82) is 0 Å². The number of nitrogens with two attached hydrogens (primary N) is 1. The van der Waals surface area contributed by atoms with Crippen molar-refractivity contribution in [3.05, 3.63) is 60.2 Å². The molecule has 3 heteroatoms. The van der Waals surface area contributed by atoms with Gasteiger partial charge in [0.15, 0.2) is 0 Å². The molecule has 0 aliphatic carbocycles. The first-order valence-electron chi connectivity index (χ1n) is 7.95. The van der Waals surface area contributed by atoms with Crippen LogP contribution in [0, 0.1) is 0 Å². The summed E-state index contributed by atoms with van der Waals surface area (Å²) in [5, 5.41) is 0. The van der Waals surface area contributed by atoms with Crippen LogP contribution >= 0.6 is 0 Å². The SMILES string of the molecule is CC(C)(N)CCN1CN(Cc2ccccc2)c2ccccc21. The van der Waals surface area contributed by atoms with Gasteiger partial charge in [0.1, 0.15) is 0 Å². The highest BCUT2D eigenvalue weighted by molar-refractivity contribution is 5.76. The van der Waals surface area contributed by atoms with Gasteiger partial charge in [-0.1, -0.05) is 42.5 Å². The maximum atomic E-state index is 6.15. The Morgan fingerprint density at radius 1 is 0.909 bits per heavy atom. The van der Waals surface area contributed by atoms with E-state index in [1.165, 1.54) is 16.9 Å². The summed E-state index contributed by atoms with van der Waals surface area (Å²) in [5.41, 5.74) is 10.0. The largest absolute Gasteiger partial charge is 0.352 e. The van der Waals surface area contributed by atoms with Gasteiger partial charge in [0.2, 0.25) is 0 Å². The summed E-state index contributed by atoms with van der Waals surface area (Å²) >= 11 is 0. The highest BCUT2D eigenvalue weighted by Gasteiger charge is 2.26. The van der Waals surface area contributed by atoms with Gasteiger partial charge in [0.05, 0.1) is 18.0 Å². The lowest BCUT2D eigenvalue weighted by Gasteiger charge is -2.26. The first-order chi connectivity index (χ1) is 10.5. The summed E-state index contributed by atoms with van der Waals surface area (Å²) in [6.07, 6.45) is 0.987. The molecule has 0 aromatic heterocycles. The molecule has 0 fully saturated rings. The van der Waals surface area contributed by atoms with Crippen LogP contribution in [0.2, 0.25) is 0 Å². The second-order valence-electron chi connectivity index (χ2n) is 6.82. The highest BCUT2D eigenvalue weighted by Crippen LogP contribution is 2.36. The second-order valence-corrected chi connectivity index (χ2v) is 6.82. The molecule has 0 radical (unpaired) electrons. The van der Waals surface area contributed by atoms with E-state index in [2.05, 4.69) is 78.2 Å². The summed E-state index contributed by atoms with van der Waals surface area (Å²) in [7, 11) is 0. The molecule has 2 N–H and O–H groups in total. The van der Waals surface area contributed by atoms with Crippen molar-refractivity contribution < 1.29 is 0 Å².